The number of carbonyl (C=O) groups excluding carboxylic acids is 2. The molecular formula is C23H29Cl2N3O5S. The van der Waals surface area contributed by atoms with Crippen molar-refractivity contribution in [3.05, 3.63) is 58.1 Å². The fraction of sp³-hybridized carbons (Fsp3) is 0.391. The summed E-state index contributed by atoms with van der Waals surface area (Å²) in [4.78, 5) is 27.7. The lowest BCUT2D eigenvalue weighted by molar-refractivity contribution is -0.140. The maximum atomic E-state index is 13.6. The second-order valence-electron chi connectivity index (χ2n) is 7.51. The molecule has 0 saturated heterocycles. The van der Waals surface area contributed by atoms with Crippen LogP contribution in [0.4, 0.5) is 5.69 Å². The normalized spacial score (nSPS) is 12.1. The molecule has 0 unspecified atom stereocenters. The Hall–Kier alpha value is -2.49. The summed E-state index contributed by atoms with van der Waals surface area (Å²) >= 11 is 12.7. The summed E-state index contributed by atoms with van der Waals surface area (Å²) in [5.41, 5.74) is 0.728. The number of hydrogen-bond donors (Lipinski definition) is 1. The lowest BCUT2D eigenvalue weighted by atomic mass is 10.1. The summed E-state index contributed by atoms with van der Waals surface area (Å²) in [5, 5.41) is 3.40. The van der Waals surface area contributed by atoms with E-state index in [4.69, 9.17) is 27.9 Å². The Kier molecular flexibility index (Phi) is 10.0. The summed E-state index contributed by atoms with van der Waals surface area (Å²) in [5.74, 6) is -0.497. The number of amides is 2. The Labute approximate surface area is 210 Å². The van der Waals surface area contributed by atoms with E-state index in [0.29, 0.717) is 34.3 Å². The van der Waals surface area contributed by atoms with Crippen molar-refractivity contribution in [3.8, 4) is 5.75 Å². The molecule has 0 aliphatic carbocycles. The molecule has 186 valence electrons. The number of carbonyl (C=O) groups is 2. The van der Waals surface area contributed by atoms with Gasteiger partial charge in [0.1, 0.15) is 18.3 Å². The Morgan fingerprint density at radius 1 is 1.09 bits per heavy atom. The number of anilines is 1. The number of nitrogens with zero attached hydrogens (tertiary/aromatic N) is 2. The van der Waals surface area contributed by atoms with Gasteiger partial charge in [-0.1, -0.05) is 42.3 Å². The molecule has 0 fully saturated rings. The molecule has 1 atom stereocenters. The number of methoxy groups -OCH3 is 1. The van der Waals surface area contributed by atoms with Crippen molar-refractivity contribution in [2.75, 3.05) is 30.8 Å². The van der Waals surface area contributed by atoms with Crippen LogP contribution in [0.15, 0.2) is 42.5 Å². The van der Waals surface area contributed by atoms with Crippen LogP contribution in [0.5, 0.6) is 5.75 Å². The number of rotatable bonds is 11. The minimum atomic E-state index is -3.85. The number of sulfonamides is 1. The average molecular weight is 530 g/mol. The van der Waals surface area contributed by atoms with Crippen molar-refractivity contribution in [1.82, 2.24) is 10.2 Å². The number of ether oxygens (including phenoxy) is 1. The first-order valence-electron chi connectivity index (χ1n) is 10.6. The van der Waals surface area contributed by atoms with Crippen molar-refractivity contribution >= 4 is 50.7 Å². The molecule has 2 aromatic rings. The molecule has 0 aliphatic rings. The number of halogens is 2. The van der Waals surface area contributed by atoms with Crippen LogP contribution >= 0.6 is 23.2 Å². The van der Waals surface area contributed by atoms with Crippen LogP contribution in [0.25, 0.3) is 0 Å². The zero-order valence-corrected chi connectivity index (χ0v) is 21.9. The summed E-state index contributed by atoms with van der Waals surface area (Å²) in [7, 11) is -2.39. The average Bonchev–Trinajstić information content (AvgIpc) is 2.78. The topological polar surface area (TPSA) is 96.0 Å². The summed E-state index contributed by atoms with van der Waals surface area (Å²) in [6.45, 7) is 3.33. The van der Waals surface area contributed by atoms with Crippen molar-refractivity contribution in [3.63, 3.8) is 0 Å². The van der Waals surface area contributed by atoms with Gasteiger partial charge in [0, 0.05) is 34.8 Å². The molecule has 0 radical (unpaired) electrons. The van der Waals surface area contributed by atoms with Crippen LogP contribution in [0.2, 0.25) is 10.0 Å². The zero-order valence-electron chi connectivity index (χ0n) is 19.5. The Morgan fingerprint density at radius 2 is 1.71 bits per heavy atom. The van der Waals surface area contributed by atoms with E-state index in [1.807, 2.05) is 0 Å². The molecule has 2 aromatic carbocycles. The van der Waals surface area contributed by atoms with Gasteiger partial charge in [0.15, 0.2) is 0 Å². The van der Waals surface area contributed by atoms with Crippen molar-refractivity contribution in [1.29, 1.82) is 0 Å². The molecule has 11 heteroatoms. The van der Waals surface area contributed by atoms with E-state index < -0.39 is 28.5 Å². The quantitative estimate of drug-likeness (QED) is 0.478. The minimum absolute atomic E-state index is 0.0668. The third-order valence-electron chi connectivity index (χ3n) is 5.15. The molecule has 0 saturated carbocycles. The minimum Gasteiger partial charge on any atom is -0.497 e. The first-order chi connectivity index (χ1) is 16.0. The molecule has 34 heavy (non-hydrogen) atoms. The lowest BCUT2D eigenvalue weighted by Crippen LogP contribution is -2.52. The van der Waals surface area contributed by atoms with E-state index in [2.05, 4.69) is 5.32 Å². The summed E-state index contributed by atoms with van der Waals surface area (Å²) < 4.78 is 31.4. The highest BCUT2D eigenvalue weighted by Crippen LogP contribution is 2.28. The first kappa shape index (κ1) is 27.8. The zero-order chi connectivity index (χ0) is 25.5. The van der Waals surface area contributed by atoms with Gasteiger partial charge in [0.05, 0.1) is 19.1 Å². The number of benzene rings is 2. The molecule has 0 bridgehead atoms. The molecule has 1 N–H and O–H groups in total. The molecule has 0 spiro atoms. The van der Waals surface area contributed by atoms with Gasteiger partial charge in [-0.15, -0.1) is 0 Å². The first-order valence-corrected chi connectivity index (χ1v) is 13.3. The lowest BCUT2D eigenvalue weighted by Gasteiger charge is -2.33. The standard InChI is InChI=1S/C23H29Cl2N3O5S/c1-5-21(23(30)26-6-2)27(14-18-19(24)11-8-12-20(18)25)22(29)15-28(34(4,31)32)16-9-7-10-17(13-16)33-3/h7-13,21H,5-6,14-15H2,1-4H3,(H,26,30)/t21-/m0/s1. The van der Waals surface area contributed by atoms with Gasteiger partial charge in [-0.25, -0.2) is 8.42 Å². The Balaban J connectivity index is 2.50. The van der Waals surface area contributed by atoms with Crippen LogP contribution in [-0.2, 0) is 26.2 Å². The third-order valence-corrected chi connectivity index (χ3v) is 7.00. The van der Waals surface area contributed by atoms with E-state index in [9.17, 15) is 18.0 Å². The largest absolute Gasteiger partial charge is 0.497 e. The van der Waals surface area contributed by atoms with Crippen LogP contribution in [0, 0.1) is 0 Å². The highest BCUT2D eigenvalue weighted by atomic mass is 35.5. The number of nitrogens with one attached hydrogen (secondary N) is 1. The fourth-order valence-electron chi connectivity index (χ4n) is 3.44. The summed E-state index contributed by atoms with van der Waals surface area (Å²) in [6.07, 6.45) is 1.31. The molecule has 8 nitrogen and oxygen atoms in total. The molecular weight excluding hydrogens is 501 g/mol. The molecule has 2 rings (SSSR count). The van der Waals surface area contributed by atoms with E-state index in [1.165, 1.54) is 18.1 Å². The van der Waals surface area contributed by atoms with Gasteiger partial charge in [-0.3, -0.25) is 13.9 Å². The van der Waals surface area contributed by atoms with Gasteiger partial charge < -0.3 is 15.0 Å². The van der Waals surface area contributed by atoms with E-state index in [1.54, 1.807) is 50.2 Å². The maximum absolute atomic E-state index is 13.6. The maximum Gasteiger partial charge on any atom is 0.244 e. The molecule has 0 aliphatic heterocycles. The van der Waals surface area contributed by atoms with Crippen LogP contribution in [-0.4, -0.2) is 57.6 Å². The SMILES string of the molecule is CCNC(=O)[C@H](CC)N(Cc1c(Cl)cccc1Cl)C(=O)CN(c1cccc(OC)c1)S(C)(=O)=O. The van der Waals surface area contributed by atoms with Crippen molar-refractivity contribution in [2.45, 2.75) is 32.9 Å². The van der Waals surface area contributed by atoms with Gasteiger partial charge in [0.25, 0.3) is 0 Å². The van der Waals surface area contributed by atoms with E-state index in [-0.39, 0.29) is 18.1 Å². The Bertz CT molecular complexity index is 1110. The highest BCUT2D eigenvalue weighted by molar-refractivity contribution is 7.92. The third kappa shape index (κ3) is 7.01. The smallest absolute Gasteiger partial charge is 0.244 e. The van der Waals surface area contributed by atoms with Gasteiger partial charge in [-0.2, -0.15) is 0 Å². The van der Waals surface area contributed by atoms with Gasteiger partial charge in [0.2, 0.25) is 21.8 Å². The second-order valence-corrected chi connectivity index (χ2v) is 10.2. The predicted octanol–water partition coefficient (Wildman–Crippen LogP) is 3.71. The van der Waals surface area contributed by atoms with Crippen molar-refractivity contribution < 1.29 is 22.7 Å². The predicted molar refractivity (Wildman–Crippen MR) is 135 cm³/mol. The van der Waals surface area contributed by atoms with Crippen molar-refractivity contribution in [2.24, 2.45) is 0 Å². The van der Waals surface area contributed by atoms with E-state index >= 15 is 0 Å². The van der Waals surface area contributed by atoms with Gasteiger partial charge >= 0.3 is 0 Å². The molecule has 2 amide bonds. The second kappa shape index (κ2) is 12.3. The fourth-order valence-corrected chi connectivity index (χ4v) is 4.80. The summed E-state index contributed by atoms with van der Waals surface area (Å²) in [6, 6.07) is 10.5. The molecule has 0 heterocycles. The van der Waals surface area contributed by atoms with Crippen LogP contribution < -0.4 is 14.4 Å². The number of likely N-dealkylation sites (N-methyl/N-ethyl adjacent to an activating group) is 1. The number of hydrogen-bond acceptors (Lipinski definition) is 5. The van der Waals surface area contributed by atoms with E-state index in [0.717, 1.165) is 10.6 Å². The monoisotopic (exact) mass is 529 g/mol. The van der Waals surface area contributed by atoms with Crippen LogP contribution in [0.3, 0.4) is 0 Å². The Morgan fingerprint density at radius 3 is 2.24 bits per heavy atom. The molecule has 0 aromatic heterocycles. The van der Waals surface area contributed by atoms with Gasteiger partial charge in [-0.05, 0) is 37.6 Å². The van der Waals surface area contributed by atoms with Crippen LogP contribution in [0.1, 0.15) is 25.8 Å². The highest BCUT2D eigenvalue weighted by Gasteiger charge is 2.32.